The van der Waals surface area contributed by atoms with E-state index in [0.717, 1.165) is 39.8 Å². The summed E-state index contributed by atoms with van der Waals surface area (Å²) in [4.78, 5) is 6.98. The van der Waals surface area contributed by atoms with Crippen LogP contribution in [0.3, 0.4) is 0 Å². The van der Waals surface area contributed by atoms with Crippen LogP contribution in [0.15, 0.2) is 42.5 Å². The molecule has 4 atom stereocenters. The molecule has 2 aliphatic rings. The van der Waals surface area contributed by atoms with Gasteiger partial charge >= 0.3 is 0 Å². The molecule has 27 heavy (non-hydrogen) atoms. The summed E-state index contributed by atoms with van der Waals surface area (Å²) in [6, 6.07) is 13.7. The van der Waals surface area contributed by atoms with Gasteiger partial charge in [-0.3, -0.25) is 0 Å². The van der Waals surface area contributed by atoms with Crippen molar-refractivity contribution >= 4 is 39.9 Å². The fourth-order valence-electron chi connectivity index (χ4n) is 4.65. The number of benzene rings is 2. The van der Waals surface area contributed by atoms with Gasteiger partial charge in [-0.15, -0.1) is 0 Å². The smallest absolute Gasteiger partial charge is 0.132 e. The fraction of sp³-hybridized carbons (Fsp3) is 0.318. The lowest BCUT2D eigenvalue weighted by Gasteiger charge is -2.36. The van der Waals surface area contributed by atoms with Crippen molar-refractivity contribution in [2.24, 2.45) is 11.8 Å². The van der Waals surface area contributed by atoms with Gasteiger partial charge in [-0.1, -0.05) is 35.3 Å². The second-order valence-electron chi connectivity index (χ2n) is 7.87. The van der Waals surface area contributed by atoms with Crippen LogP contribution in [0.2, 0.25) is 10.0 Å². The molecule has 0 saturated heterocycles. The van der Waals surface area contributed by atoms with Crippen LogP contribution in [0.1, 0.15) is 17.9 Å². The Morgan fingerprint density at radius 3 is 2.48 bits per heavy atom. The van der Waals surface area contributed by atoms with Crippen LogP contribution in [-0.4, -0.2) is 30.3 Å². The predicted octanol–water partition coefficient (Wildman–Crippen LogP) is 5.37. The van der Waals surface area contributed by atoms with E-state index in [4.69, 9.17) is 28.2 Å². The van der Waals surface area contributed by atoms with Crippen molar-refractivity contribution in [3.8, 4) is 11.1 Å². The van der Waals surface area contributed by atoms with Crippen molar-refractivity contribution in [2.45, 2.75) is 18.4 Å². The molecule has 0 radical (unpaired) electrons. The molecular formula is C22H20Cl2N2O. The Balaban J connectivity index is 1.89. The highest BCUT2D eigenvalue weighted by Gasteiger charge is 2.62. The number of aliphatic hydroxyl groups is 1. The second-order valence-corrected chi connectivity index (χ2v) is 8.74. The summed E-state index contributed by atoms with van der Waals surface area (Å²) in [5, 5.41) is 13.1. The number of hydrogen-bond acceptors (Lipinski definition) is 3. The van der Waals surface area contributed by atoms with Gasteiger partial charge in [0, 0.05) is 41.0 Å². The molecule has 3 aromatic rings. The summed E-state index contributed by atoms with van der Waals surface area (Å²) in [6.45, 7) is 0. The van der Waals surface area contributed by atoms with Crippen molar-refractivity contribution in [2.75, 3.05) is 19.0 Å². The van der Waals surface area contributed by atoms with Gasteiger partial charge in [0.25, 0.3) is 0 Å². The van der Waals surface area contributed by atoms with Crippen LogP contribution in [0.4, 0.5) is 5.82 Å². The Hall–Kier alpha value is -1.81. The SMILES string of the molecule is CN(C)c1nc2ccc(Cl)cc2c(-c2cccc(Cl)c2)c1C1C(O)C2CC21. The van der Waals surface area contributed by atoms with E-state index in [0.29, 0.717) is 21.9 Å². The van der Waals surface area contributed by atoms with Gasteiger partial charge in [-0.05, 0) is 59.7 Å². The summed E-state index contributed by atoms with van der Waals surface area (Å²) in [7, 11) is 4.01. The molecule has 0 bridgehead atoms. The lowest BCUT2D eigenvalue weighted by atomic mass is 9.74. The zero-order valence-corrected chi connectivity index (χ0v) is 16.7. The molecule has 1 N–H and O–H groups in total. The van der Waals surface area contributed by atoms with Gasteiger partial charge in [-0.2, -0.15) is 0 Å². The average Bonchev–Trinajstić information content (AvgIpc) is 3.35. The molecule has 0 spiro atoms. The molecule has 1 aromatic heterocycles. The first kappa shape index (κ1) is 17.3. The van der Waals surface area contributed by atoms with Crippen LogP contribution in [0.25, 0.3) is 22.0 Å². The van der Waals surface area contributed by atoms with Crippen LogP contribution in [0, 0.1) is 11.8 Å². The quantitative estimate of drug-likeness (QED) is 0.644. The third-order valence-corrected chi connectivity index (χ3v) is 6.46. The minimum Gasteiger partial charge on any atom is -0.392 e. The number of aromatic nitrogens is 1. The zero-order chi connectivity index (χ0) is 18.9. The molecule has 1 heterocycles. The molecular weight excluding hydrogens is 379 g/mol. The number of halogens is 2. The fourth-order valence-corrected chi connectivity index (χ4v) is 5.01. The Kier molecular flexibility index (Phi) is 3.91. The van der Waals surface area contributed by atoms with Gasteiger partial charge in [0.2, 0.25) is 0 Å². The van der Waals surface area contributed by atoms with Crippen LogP contribution in [0.5, 0.6) is 0 Å². The minimum atomic E-state index is -0.301. The number of hydrogen-bond donors (Lipinski definition) is 1. The number of nitrogens with zero attached hydrogens (tertiary/aromatic N) is 2. The summed E-state index contributed by atoms with van der Waals surface area (Å²) in [5.74, 6) is 2.02. The maximum absolute atomic E-state index is 10.7. The van der Waals surface area contributed by atoms with Crippen molar-refractivity contribution < 1.29 is 5.11 Å². The van der Waals surface area contributed by atoms with E-state index in [9.17, 15) is 5.11 Å². The van der Waals surface area contributed by atoms with E-state index < -0.39 is 0 Å². The van der Waals surface area contributed by atoms with Crippen molar-refractivity contribution in [1.29, 1.82) is 0 Å². The highest BCUT2D eigenvalue weighted by Crippen LogP contribution is 2.66. The van der Waals surface area contributed by atoms with E-state index in [2.05, 4.69) is 6.07 Å². The van der Waals surface area contributed by atoms with Gasteiger partial charge in [0.15, 0.2) is 0 Å². The number of pyridine rings is 1. The summed E-state index contributed by atoms with van der Waals surface area (Å²) < 4.78 is 0. The summed E-state index contributed by atoms with van der Waals surface area (Å²) in [5.41, 5.74) is 4.13. The Morgan fingerprint density at radius 1 is 1.04 bits per heavy atom. The van der Waals surface area contributed by atoms with E-state index in [1.54, 1.807) is 0 Å². The molecule has 2 fully saturated rings. The molecule has 3 nitrogen and oxygen atoms in total. The first-order valence-electron chi connectivity index (χ1n) is 9.20. The van der Waals surface area contributed by atoms with Crippen molar-refractivity contribution in [1.82, 2.24) is 4.98 Å². The number of anilines is 1. The van der Waals surface area contributed by atoms with Gasteiger partial charge in [0.1, 0.15) is 5.82 Å². The first-order chi connectivity index (χ1) is 13.0. The molecule has 5 rings (SSSR count). The lowest BCUT2D eigenvalue weighted by molar-refractivity contribution is 0.0526. The van der Waals surface area contributed by atoms with Crippen molar-refractivity contribution in [3.63, 3.8) is 0 Å². The number of aliphatic hydroxyl groups excluding tert-OH is 1. The molecule has 0 amide bonds. The Bertz CT molecular complexity index is 1070. The van der Waals surface area contributed by atoms with Crippen LogP contribution in [-0.2, 0) is 0 Å². The molecule has 2 saturated carbocycles. The maximum Gasteiger partial charge on any atom is 0.132 e. The normalized spacial score (nSPS) is 25.8. The molecule has 0 aliphatic heterocycles. The molecule has 4 unspecified atom stereocenters. The van der Waals surface area contributed by atoms with E-state index in [-0.39, 0.29) is 12.0 Å². The second kappa shape index (κ2) is 6.10. The molecule has 2 aliphatic carbocycles. The van der Waals surface area contributed by atoms with E-state index >= 15 is 0 Å². The van der Waals surface area contributed by atoms with Crippen LogP contribution < -0.4 is 4.90 Å². The molecule has 138 valence electrons. The molecule has 2 aromatic carbocycles. The van der Waals surface area contributed by atoms with E-state index in [1.165, 1.54) is 0 Å². The molecule has 5 heteroatoms. The monoisotopic (exact) mass is 398 g/mol. The predicted molar refractivity (Wildman–Crippen MR) is 112 cm³/mol. The number of rotatable bonds is 3. The van der Waals surface area contributed by atoms with Gasteiger partial charge < -0.3 is 10.0 Å². The third kappa shape index (κ3) is 2.64. The average molecular weight is 399 g/mol. The Morgan fingerprint density at radius 2 is 1.81 bits per heavy atom. The van der Waals surface area contributed by atoms with Crippen molar-refractivity contribution in [3.05, 3.63) is 58.1 Å². The topological polar surface area (TPSA) is 36.4 Å². The largest absolute Gasteiger partial charge is 0.392 e. The van der Waals surface area contributed by atoms with Gasteiger partial charge in [0.05, 0.1) is 11.6 Å². The lowest BCUT2D eigenvalue weighted by Crippen LogP contribution is -2.34. The maximum atomic E-state index is 10.7. The first-order valence-corrected chi connectivity index (χ1v) is 9.96. The van der Waals surface area contributed by atoms with Crippen LogP contribution >= 0.6 is 23.2 Å². The summed E-state index contributed by atoms with van der Waals surface area (Å²) >= 11 is 12.7. The number of fused-ring (bicyclic) bond motifs is 2. The zero-order valence-electron chi connectivity index (χ0n) is 15.2. The van der Waals surface area contributed by atoms with Gasteiger partial charge in [-0.25, -0.2) is 4.98 Å². The third-order valence-electron chi connectivity index (χ3n) is 5.99. The standard InChI is InChI=1S/C22H20Cl2N2O/c1-26(2)22-20(19-14-10-15(14)21(19)27)18(11-4-3-5-12(23)8-11)16-9-13(24)6-7-17(16)25-22/h3-9,14-15,19,21,27H,10H2,1-2H3. The minimum absolute atomic E-state index is 0.109. The highest BCUT2D eigenvalue weighted by atomic mass is 35.5. The highest BCUT2D eigenvalue weighted by molar-refractivity contribution is 6.32. The Labute approximate surface area is 168 Å². The summed E-state index contributed by atoms with van der Waals surface area (Å²) in [6.07, 6.45) is 0.798. The van der Waals surface area contributed by atoms with E-state index in [1.807, 2.05) is 55.4 Å².